The van der Waals surface area contributed by atoms with Gasteiger partial charge in [-0.15, -0.1) is 0 Å². The summed E-state index contributed by atoms with van der Waals surface area (Å²) in [5.74, 6) is -0.712. The number of H-pyrrole nitrogens is 1. The number of aromatic nitrogens is 4. The van der Waals surface area contributed by atoms with Crippen molar-refractivity contribution in [1.82, 2.24) is 25.1 Å². The van der Waals surface area contributed by atoms with Crippen molar-refractivity contribution in [3.05, 3.63) is 81.6 Å². The van der Waals surface area contributed by atoms with Crippen LogP contribution >= 0.6 is 11.6 Å². The van der Waals surface area contributed by atoms with E-state index >= 15 is 0 Å². The van der Waals surface area contributed by atoms with E-state index in [9.17, 15) is 9.59 Å². The standard InChI is InChI=1S/C20H16ClN5O2/c1-22-19(27)14-4-2-3-12(7-14)10-26-11-23-17-8-13(5-6-15(17)20(26)28)16-9-24-25-18(16)21/h2-9,11H,10H2,1H3,(H,22,27)(H,24,25)/i1D3. The van der Waals surface area contributed by atoms with Crippen molar-refractivity contribution < 1.29 is 8.91 Å². The molecule has 0 radical (unpaired) electrons. The van der Waals surface area contributed by atoms with E-state index in [1.54, 1.807) is 42.6 Å². The van der Waals surface area contributed by atoms with Gasteiger partial charge >= 0.3 is 0 Å². The minimum atomic E-state index is -2.58. The van der Waals surface area contributed by atoms with Crippen molar-refractivity contribution in [1.29, 1.82) is 0 Å². The zero-order valence-corrected chi connectivity index (χ0v) is 15.2. The third-order valence-corrected chi connectivity index (χ3v) is 4.67. The van der Waals surface area contributed by atoms with Crippen LogP contribution in [0.25, 0.3) is 22.0 Å². The lowest BCUT2D eigenvalue weighted by Gasteiger charge is -2.09. The van der Waals surface area contributed by atoms with Crippen LogP contribution in [0.5, 0.6) is 0 Å². The molecule has 7 nitrogen and oxygen atoms in total. The van der Waals surface area contributed by atoms with Gasteiger partial charge in [0.15, 0.2) is 0 Å². The highest BCUT2D eigenvalue weighted by atomic mass is 35.5. The van der Waals surface area contributed by atoms with Gasteiger partial charge in [-0.3, -0.25) is 19.3 Å². The monoisotopic (exact) mass is 396 g/mol. The molecule has 0 aliphatic rings. The number of nitrogens with one attached hydrogen (secondary N) is 2. The van der Waals surface area contributed by atoms with E-state index in [-0.39, 0.29) is 17.7 Å². The quantitative estimate of drug-likeness (QED) is 0.554. The third-order valence-electron chi connectivity index (χ3n) is 4.38. The molecule has 140 valence electrons. The zero-order chi connectivity index (χ0) is 22.2. The number of amides is 1. The molecule has 2 aromatic carbocycles. The molecule has 4 aromatic rings. The summed E-state index contributed by atoms with van der Waals surface area (Å²) < 4.78 is 22.9. The number of nitrogens with zero attached hydrogens (tertiary/aromatic N) is 3. The van der Waals surface area contributed by atoms with Crippen LogP contribution in [-0.2, 0) is 6.54 Å². The number of hydrogen-bond donors (Lipinski definition) is 2. The Morgan fingerprint density at radius 1 is 1.32 bits per heavy atom. The Morgan fingerprint density at radius 2 is 2.21 bits per heavy atom. The second-order valence-corrected chi connectivity index (χ2v) is 6.54. The van der Waals surface area contributed by atoms with Crippen molar-refractivity contribution in [2.75, 3.05) is 6.98 Å². The Labute approximate surface area is 169 Å². The number of fused-ring (bicyclic) bond motifs is 1. The molecule has 28 heavy (non-hydrogen) atoms. The smallest absolute Gasteiger partial charge is 0.261 e. The summed E-state index contributed by atoms with van der Waals surface area (Å²) in [6.07, 6.45) is 3.03. The Hall–Kier alpha value is -3.45. The zero-order valence-electron chi connectivity index (χ0n) is 17.4. The fraction of sp³-hybridized carbons (Fsp3) is 0.100. The second-order valence-electron chi connectivity index (χ2n) is 6.16. The molecule has 0 spiro atoms. The first-order valence-corrected chi connectivity index (χ1v) is 8.69. The maximum atomic E-state index is 12.9. The van der Waals surface area contributed by atoms with E-state index < -0.39 is 12.9 Å². The second kappa shape index (κ2) is 7.28. The average Bonchev–Trinajstić information content (AvgIpc) is 3.15. The number of aromatic amines is 1. The molecule has 8 heteroatoms. The first-order chi connectivity index (χ1) is 14.7. The number of hydrogen-bond acceptors (Lipinski definition) is 4. The van der Waals surface area contributed by atoms with Crippen molar-refractivity contribution in [2.45, 2.75) is 6.54 Å². The van der Waals surface area contributed by atoms with Crippen molar-refractivity contribution in [3.63, 3.8) is 0 Å². The van der Waals surface area contributed by atoms with E-state index in [1.807, 2.05) is 5.32 Å². The van der Waals surface area contributed by atoms with Gasteiger partial charge in [-0.05, 0) is 35.4 Å². The molecule has 4 rings (SSSR count). The van der Waals surface area contributed by atoms with Crippen LogP contribution in [0.3, 0.4) is 0 Å². The van der Waals surface area contributed by atoms with Gasteiger partial charge in [0.25, 0.3) is 11.5 Å². The first kappa shape index (κ1) is 14.6. The van der Waals surface area contributed by atoms with Crippen LogP contribution in [0.15, 0.2) is 59.8 Å². The molecule has 2 aromatic heterocycles. The van der Waals surface area contributed by atoms with E-state index in [1.165, 1.54) is 17.0 Å². The van der Waals surface area contributed by atoms with Crippen LogP contribution in [0.4, 0.5) is 0 Å². The number of carbonyl (C=O) groups is 1. The van der Waals surface area contributed by atoms with Crippen LogP contribution in [0.2, 0.25) is 5.15 Å². The van der Waals surface area contributed by atoms with Gasteiger partial charge < -0.3 is 5.32 Å². The summed E-state index contributed by atoms with van der Waals surface area (Å²) in [5.41, 5.74) is 2.61. The van der Waals surface area contributed by atoms with Gasteiger partial charge in [0.05, 0.1) is 30.0 Å². The topological polar surface area (TPSA) is 92.7 Å². The summed E-state index contributed by atoms with van der Waals surface area (Å²) in [7, 11) is 0. The Kier molecular flexibility index (Phi) is 3.79. The van der Waals surface area contributed by atoms with Gasteiger partial charge in [-0.25, -0.2) is 4.98 Å². The predicted molar refractivity (Wildman–Crippen MR) is 108 cm³/mol. The average molecular weight is 397 g/mol. The minimum Gasteiger partial charge on any atom is -0.355 e. The first-order valence-electron chi connectivity index (χ1n) is 9.81. The summed E-state index contributed by atoms with van der Waals surface area (Å²) in [5, 5.41) is 9.33. The molecule has 0 aliphatic carbocycles. The summed E-state index contributed by atoms with van der Waals surface area (Å²) in [6, 6.07) is 11.6. The number of halogens is 1. The van der Waals surface area contributed by atoms with Gasteiger partial charge in [0, 0.05) is 22.2 Å². The lowest BCUT2D eigenvalue weighted by Crippen LogP contribution is -2.22. The fourth-order valence-electron chi connectivity index (χ4n) is 2.99. The van der Waals surface area contributed by atoms with Crippen LogP contribution in [0.1, 0.15) is 20.0 Å². The lowest BCUT2D eigenvalue weighted by molar-refractivity contribution is 0.0963. The molecule has 0 bridgehead atoms. The molecule has 0 unspecified atom stereocenters. The predicted octanol–water partition coefficient (Wildman–Crippen LogP) is 2.85. The molecule has 0 atom stereocenters. The molecule has 0 saturated carbocycles. The van der Waals surface area contributed by atoms with Crippen molar-refractivity contribution in [3.8, 4) is 11.1 Å². The summed E-state index contributed by atoms with van der Waals surface area (Å²) in [6.45, 7) is -2.40. The molecular weight excluding hydrogens is 378 g/mol. The molecule has 2 N–H and O–H groups in total. The van der Waals surface area contributed by atoms with Gasteiger partial charge in [0.1, 0.15) is 5.15 Å². The SMILES string of the molecule is [2H]C([2H])([2H])NC(=O)c1cccc(Cn2cnc3cc(-c4cn[nH]c4Cl)ccc3c2=O)c1. The highest BCUT2D eigenvalue weighted by Crippen LogP contribution is 2.27. The Bertz CT molecular complexity index is 1350. The molecule has 0 saturated heterocycles. The summed E-state index contributed by atoms with van der Waals surface area (Å²) in [4.78, 5) is 29.4. The molecule has 0 aliphatic heterocycles. The van der Waals surface area contributed by atoms with Gasteiger partial charge in [0.2, 0.25) is 0 Å². The largest absolute Gasteiger partial charge is 0.355 e. The lowest BCUT2D eigenvalue weighted by atomic mass is 10.1. The van der Waals surface area contributed by atoms with Gasteiger partial charge in [-0.2, -0.15) is 5.10 Å². The number of benzene rings is 2. The third kappa shape index (κ3) is 3.27. The van der Waals surface area contributed by atoms with Crippen LogP contribution < -0.4 is 10.9 Å². The van der Waals surface area contributed by atoms with Crippen LogP contribution in [-0.4, -0.2) is 32.6 Å². The normalized spacial score (nSPS) is 13.0. The van der Waals surface area contributed by atoms with E-state index in [4.69, 9.17) is 15.7 Å². The highest BCUT2D eigenvalue weighted by Gasteiger charge is 2.10. The van der Waals surface area contributed by atoms with E-state index in [2.05, 4.69) is 15.2 Å². The maximum Gasteiger partial charge on any atom is 0.261 e. The summed E-state index contributed by atoms with van der Waals surface area (Å²) >= 11 is 6.08. The van der Waals surface area contributed by atoms with E-state index in [0.29, 0.717) is 27.2 Å². The fourth-order valence-corrected chi connectivity index (χ4v) is 3.20. The maximum absolute atomic E-state index is 12.9. The number of rotatable bonds is 4. The van der Waals surface area contributed by atoms with Gasteiger partial charge in [-0.1, -0.05) is 29.8 Å². The molecule has 1 amide bonds. The molecular formula is C20H16ClN5O2. The van der Waals surface area contributed by atoms with Crippen LogP contribution in [0, 0.1) is 0 Å². The van der Waals surface area contributed by atoms with E-state index in [0.717, 1.165) is 5.56 Å². The minimum absolute atomic E-state index is 0.173. The number of carbonyl (C=O) groups excluding carboxylic acids is 1. The van der Waals surface area contributed by atoms with Crippen molar-refractivity contribution >= 4 is 28.4 Å². The molecule has 0 fully saturated rings. The highest BCUT2D eigenvalue weighted by molar-refractivity contribution is 6.32. The molecule has 2 heterocycles. The Morgan fingerprint density at radius 3 is 3.00 bits per heavy atom. The van der Waals surface area contributed by atoms with Crippen molar-refractivity contribution in [2.24, 2.45) is 0 Å². The Balaban J connectivity index is 1.63.